The Balaban J connectivity index is 1.91. The molecule has 9 heteroatoms. The average Bonchev–Trinajstić information content (AvgIpc) is 2.90. The van der Waals surface area contributed by atoms with Gasteiger partial charge in [0.2, 0.25) is 11.7 Å². The van der Waals surface area contributed by atoms with Crippen LogP contribution in [0.15, 0.2) is 46.0 Å². The maximum atomic E-state index is 13.8. The first-order chi connectivity index (χ1) is 16.9. The topological polar surface area (TPSA) is 92.0 Å². The third kappa shape index (κ3) is 4.38. The Hall–Kier alpha value is -3.75. The largest absolute Gasteiger partial charge is 0.493 e. The van der Waals surface area contributed by atoms with Crippen LogP contribution in [0.25, 0.3) is 16.6 Å². The van der Waals surface area contributed by atoms with E-state index in [1.807, 2.05) is 4.90 Å². The standard InChI is InChI=1S/C26H31N3O6/c1-5-17-10-8-9-13-27(17)23(30)16-28-20-12-7-6-11-19(20)25(31)29(26(28)32)18-14-21(33-2)24(35-4)22(15-18)34-3/h6-7,11-12,14-15,17H,5,8-10,13,16H2,1-4H3. The summed E-state index contributed by atoms with van der Waals surface area (Å²) in [5, 5.41) is 0.333. The fourth-order valence-electron chi connectivity index (χ4n) is 4.88. The van der Waals surface area contributed by atoms with Gasteiger partial charge in [0.15, 0.2) is 11.5 Å². The van der Waals surface area contributed by atoms with E-state index in [0.717, 1.165) is 30.3 Å². The van der Waals surface area contributed by atoms with Crippen LogP contribution in [0.2, 0.25) is 0 Å². The molecule has 1 saturated heterocycles. The van der Waals surface area contributed by atoms with Crippen molar-refractivity contribution in [3.05, 3.63) is 57.2 Å². The van der Waals surface area contributed by atoms with Gasteiger partial charge >= 0.3 is 5.69 Å². The molecule has 1 aliphatic heterocycles. The number of nitrogens with zero attached hydrogens (tertiary/aromatic N) is 3. The number of amides is 1. The molecule has 0 aliphatic carbocycles. The zero-order chi connectivity index (χ0) is 25.1. The Morgan fingerprint density at radius 1 is 1.00 bits per heavy atom. The van der Waals surface area contributed by atoms with E-state index in [2.05, 4.69) is 6.92 Å². The summed E-state index contributed by atoms with van der Waals surface area (Å²) in [4.78, 5) is 42.5. The minimum absolute atomic E-state index is 0.126. The molecule has 1 amide bonds. The minimum atomic E-state index is -0.610. The number of rotatable bonds is 7. The maximum absolute atomic E-state index is 13.8. The van der Waals surface area contributed by atoms with Crippen molar-refractivity contribution >= 4 is 16.8 Å². The first-order valence-corrected chi connectivity index (χ1v) is 11.8. The van der Waals surface area contributed by atoms with Gasteiger partial charge in [0.1, 0.15) is 6.54 Å². The van der Waals surface area contributed by atoms with E-state index >= 15 is 0 Å². The fraction of sp³-hybridized carbons (Fsp3) is 0.423. The Labute approximate surface area is 203 Å². The van der Waals surface area contributed by atoms with Crippen molar-refractivity contribution in [2.24, 2.45) is 0 Å². The van der Waals surface area contributed by atoms with Gasteiger partial charge in [-0.1, -0.05) is 19.1 Å². The number of ether oxygens (including phenoxy) is 3. The fourth-order valence-corrected chi connectivity index (χ4v) is 4.88. The number of carbonyl (C=O) groups is 1. The molecular weight excluding hydrogens is 450 g/mol. The molecule has 1 aliphatic rings. The van der Waals surface area contributed by atoms with Crippen LogP contribution in [0.1, 0.15) is 32.6 Å². The van der Waals surface area contributed by atoms with Gasteiger partial charge < -0.3 is 19.1 Å². The van der Waals surface area contributed by atoms with E-state index in [4.69, 9.17) is 14.2 Å². The monoisotopic (exact) mass is 481 g/mol. The zero-order valence-electron chi connectivity index (χ0n) is 20.6. The number of hydrogen-bond acceptors (Lipinski definition) is 6. The first-order valence-electron chi connectivity index (χ1n) is 11.8. The van der Waals surface area contributed by atoms with Crippen LogP contribution in [-0.4, -0.2) is 53.9 Å². The van der Waals surface area contributed by atoms with Gasteiger partial charge in [0, 0.05) is 24.7 Å². The van der Waals surface area contributed by atoms with Gasteiger partial charge in [0.25, 0.3) is 5.56 Å². The van der Waals surface area contributed by atoms with E-state index in [9.17, 15) is 14.4 Å². The number of likely N-dealkylation sites (tertiary alicyclic amines) is 1. The maximum Gasteiger partial charge on any atom is 0.336 e. The van der Waals surface area contributed by atoms with Crippen molar-refractivity contribution in [1.82, 2.24) is 14.0 Å². The van der Waals surface area contributed by atoms with Gasteiger partial charge in [-0.2, -0.15) is 0 Å². The van der Waals surface area contributed by atoms with E-state index in [0.29, 0.717) is 34.7 Å². The summed E-state index contributed by atoms with van der Waals surface area (Å²) in [6.45, 7) is 2.60. The molecule has 4 rings (SSSR count). The highest BCUT2D eigenvalue weighted by Gasteiger charge is 2.27. The number of carbonyl (C=O) groups excluding carboxylic acids is 1. The Kier molecular flexibility index (Phi) is 7.14. The predicted octanol–water partition coefficient (Wildman–Crippen LogP) is 2.97. The van der Waals surface area contributed by atoms with Crippen molar-refractivity contribution in [1.29, 1.82) is 0 Å². The van der Waals surface area contributed by atoms with Crippen molar-refractivity contribution in [3.63, 3.8) is 0 Å². The summed E-state index contributed by atoms with van der Waals surface area (Å²) in [6.07, 6.45) is 3.87. The van der Waals surface area contributed by atoms with Gasteiger partial charge in [-0.15, -0.1) is 0 Å². The Morgan fingerprint density at radius 2 is 1.69 bits per heavy atom. The average molecular weight is 482 g/mol. The van der Waals surface area contributed by atoms with Crippen molar-refractivity contribution in [3.8, 4) is 22.9 Å². The number of methoxy groups -OCH3 is 3. The molecule has 2 heterocycles. The molecule has 9 nitrogen and oxygen atoms in total. The molecule has 186 valence electrons. The Morgan fingerprint density at radius 3 is 2.31 bits per heavy atom. The highest BCUT2D eigenvalue weighted by molar-refractivity contribution is 5.82. The Bertz CT molecular complexity index is 1330. The smallest absolute Gasteiger partial charge is 0.336 e. The third-order valence-corrected chi connectivity index (χ3v) is 6.67. The van der Waals surface area contributed by atoms with Crippen LogP contribution < -0.4 is 25.5 Å². The highest BCUT2D eigenvalue weighted by atomic mass is 16.5. The lowest BCUT2D eigenvalue weighted by Crippen LogP contribution is -2.47. The summed E-state index contributed by atoms with van der Waals surface area (Å²) in [5.41, 5.74) is -0.426. The van der Waals surface area contributed by atoms with Crippen LogP contribution in [0.5, 0.6) is 17.2 Å². The van der Waals surface area contributed by atoms with E-state index < -0.39 is 11.2 Å². The van der Waals surface area contributed by atoms with Crippen LogP contribution in [0, 0.1) is 0 Å². The van der Waals surface area contributed by atoms with Crippen LogP contribution in [-0.2, 0) is 11.3 Å². The van der Waals surface area contributed by atoms with Gasteiger partial charge in [-0.25, -0.2) is 9.36 Å². The lowest BCUT2D eigenvalue weighted by Gasteiger charge is -2.35. The summed E-state index contributed by atoms with van der Waals surface area (Å²) in [5.74, 6) is 0.837. The molecule has 1 fully saturated rings. The highest BCUT2D eigenvalue weighted by Crippen LogP contribution is 2.38. The molecule has 3 aromatic rings. The number of aromatic nitrogens is 2. The molecule has 1 atom stereocenters. The second-order valence-electron chi connectivity index (χ2n) is 8.55. The zero-order valence-corrected chi connectivity index (χ0v) is 20.6. The van der Waals surface area contributed by atoms with Gasteiger partial charge in [-0.05, 0) is 37.8 Å². The summed E-state index contributed by atoms with van der Waals surface area (Å²) < 4.78 is 18.6. The summed E-state index contributed by atoms with van der Waals surface area (Å²) in [6, 6.07) is 10.1. The predicted molar refractivity (Wildman–Crippen MR) is 133 cm³/mol. The molecule has 1 aromatic heterocycles. The molecule has 0 bridgehead atoms. The number of para-hydroxylation sites is 1. The quantitative estimate of drug-likeness (QED) is 0.515. The lowest BCUT2D eigenvalue weighted by molar-refractivity contribution is -0.135. The first kappa shape index (κ1) is 24.4. The molecular formula is C26H31N3O6. The molecule has 0 N–H and O–H groups in total. The van der Waals surface area contributed by atoms with Gasteiger partial charge in [0.05, 0.1) is 37.9 Å². The molecule has 35 heavy (non-hydrogen) atoms. The number of piperidine rings is 1. The SMILES string of the molecule is CCC1CCCCN1C(=O)Cn1c(=O)n(-c2cc(OC)c(OC)c(OC)c2)c(=O)c2ccccc21. The lowest BCUT2D eigenvalue weighted by atomic mass is 10.00. The molecule has 0 radical (unpaired) electrons. The third-order valence-electron chi connectivity index (χ3n) is 6.67. The van der Waals surface area contributed by atoms with Crippen molar-refractivity contribution < 1.29 is 19.0 Å². The van der Waals surface area contributed by atoms with E-state index in [-0.39, 0.29) is 24.2 Å². The molecule has 0 spiro atoms. The molecule has 2 aromatic carbocycles. The van der Waals surface area contributed by atoms with Gasteiger partial charge in [-0.3, -0.25) is 14.2 Å². The van der Waals surface area contributed by atoms with Crippen molar-refractivity contribution in [2.75, 3.05) is 27.9 Å². The van der Waals surface area contributed by atoms with E-state index in [1.165, 1.54) is 25.9 Å². The van der Waals surface area contributed by atoms with Crippen LogP contribution in [0.3, 0.4) is 0 Å². The second kappa shape index (κ2) is 10.2. The molecule has 0 saturated carbocycles. The summed E-state index contributed by atoms with van der Waals surface area (Å²) in [7, 11) is 4.40. The van der Waals surface area contributed by atoms with E-state index in [1.54, 1.807) is 36.4 Å². The van der Waals surface area contributed by atoms with Crippen LogP contribution in [0.4, 0.5) is 0 Å². The summed E-state index contributed by atoms with van der Waals surface area (Å²) >= 11 is 0. The second-order valence-corrected chi connectivity index (χ2v) is 8.55. The number of fused-ring (bicyclic) bond motifs is 1. The number of benzene rings is 2. The number of hydrogen-bond donors (Lipinski definition) is 0. The van der Waals surface area contributed by atoms with Crippen LogP contribution >= 0.6 is 0 Å². The minimum Gasteiger partial charge on any atom is -0.493 e. The normalized spacial score (nSPS) is 15.8. The van der Waals surface area contributed by atoms with Crippen molar-refractivity contribution in [2.45, 2.75) is 45.2 Å². The molecule has 1 unspecified atom stereocenters.